The van der Waals surface area contributed by atoms with Gasteiger partial charge >= 0.3 is 0 Å². The highest BCUT2D eigenvalue weighted by molar-refractivity contribution is 6.07. The lowest BCUT2D eigenvalue weighted by molar-refractivity contribution is -0.112. The molecule has 0 spiro atoms. The average Bonchev–Trinajstić information content (AvgIpc) is 2.54. The lowest BCUT2D eigenvalue weighted by Crippen LogP contribution is -2.27. The van der Waals surface area contributed by atoms with Crippen molar-refractivity contribution in [3.05, 3.63) is 41.1 Å². The minimum Gasteiger partial charge on any atom is -0.395 e. The number of para-hydroxylation sites is 1. The van der Waals surface area contributed by atoms with Crippen molar-refractivity contribution in [2.24, 2.45) is 0 Å². The number of benzene rings is 1. The minimum absolute atomic E-state index is 0.0742. The molecule has 0 aliphatic heterocycles. The lowest BCUT2D eigenvalue weighted by atomic mass is 9.98. The van der Waals surface area contributed by atoms with Gasteiger partial charge in [-0.3, -0.25) is 4.79 Å². The third kappa shape index (κ3) is 5.37. The van der Waals surface area contributed by atoms with Crippen LogP contribution in [0.5, 0.6) is 0 Å². The second-order valence-corrected chi connectivity index (χ2v) is 5.79. The lowest BCUT2D eigenvalue weighted by Gasteiger charge is -2.19. The Bertz CT molecular complexity index is 627. The molecule has 6 nitrogen and oxygen atoms in total. The summed E-state index contributed by atoms with van der Waals surface area (Å²) in [6, 6.07) is 7.67. The van der Waals surface area contributed by atoms with E-state index in [1.165, 1.54) is 6.20 Å². The predicted molar refractivity (Wildman–Crippen MR) is 93.3 cm³/mol. The summed E-state index contributed by atoms with van der Waals surface area (Å²) in [4.78, 5) is 14.0. The zero-order valence-corrected chi connectivity index (χ0v) is 14.4. The number of rotatable bonds is 8. The highest BCUT2D eigenvalue weighted by Crippen LogP contribution is 2.27. The van der Waals surface area contributed by atoms with Crippen molar-refractivity contribution < 1.29 is 15.0 Å². The molecule has 0 bridgehead atoms. The summed E-state index contributed by atoms with van der Waals surface area (Å²) in [5.41, 5.74) is 2.57. The molecule has 1 amide bonds. The molecule has 1 aromatic carbocycles. The van der Waals surface area contributed by atoms with Gasteiger partial charge in [-0.1, -0.05) is 32.0 Å². The molecule has 0 aliphatic rings. The topological polar surface area (TPSA) is 96.6 Å². The zero-order chi connectivity index (χ0) is 18.1. The van der Waals surface area contributed by atoms with Gasteiger partial charge in [0.2, 0.25) is 0 Å². The van der Waals surface area contributed by atoms with E-state index in [4.69, 9.17) is 10.2 Å². The maximum atomic E-state index is 12.5. The van der Waals surface area contributed by atoms with E-state index in [1.807, 2.05) is 45.0 Å². The van der Waals surface area contributed by atoms with Gasteiger partial charge in [0.05, 0.1) is 13.2 Å². The van der Waals surface area contributed by atoms with Crippen LogP contribution in [-0.2, 0) is 4.79 Å². The van der Waals surface area contributed by atoms with Crippen LogP contribution in [0.15, 0.2) is 30.0 Å². The van der Waals surface area contributed by atoms with Crippen LogP contribution in [0.3, 0.4) is 0 Å². The quantitative estimate of drug-likeness (QED) is 0.498. The van der Waals surface area contributed by atoms with Gasteiger partial charge < -0.3 is 20.4 Å². The van der Waals surface area contributed by atoms with E-state index in [2.05, 4.69) is 5.32 Å². The Morgan fingerprint density at radius 2 is 1.96 bits per heavy atom. The molecule has 3 N–H and O–H groups in total. The van der Waals surface area contributed by atoms with Gasteiger partial charge in [-0.15, -0.1) is 0 Å². The molecule has 0 saturated carbocycles. The molecule has 0 saturated heterocycles. The van der Waals surface area contributed by atoms with Gasteiger partial charge in [0.15, 0.2) is 0 Å². The normalized spacial score (nSPS) is 11.3. The number of nitrogens with one attached hydrogen (secondary N) is 1. The number of hydrogen-bond acceptors (Lipinski definition) is 5. The Kier molecular flexibility index (Phi) is 7.96. The van der Waals surface area contributed by atoms with Crippen molar-refractivity contribution in [3.63, 3.8) is 0 Å². The molecular formula is C18H25N3O3. The first kappa shape index (κ1) is 19.7. The van der Waals surface area contributed by atoms with Crippen LogP contribution < -0.4 is 5.32 Å². The van der Waals surface area contributed by atoms with Crippen molar-refractivity contribution in [2.45, 2.75) is 26.7 Å². The van der Waals surface area contributed by atoms with Gasteiger partial charge in [0, 0.05) is 25.0 Å². The molecule has 1 aromatic rings. The number of anilines is 1. The van der Waals surface area contributed by atoms with E-state index in [9.17, 15) is 10.1 Å². The van der Waals surface area contributed by atoms with E-state index in [0.29, 0.717) is 0 Å². The first-order valence-corrected chi connectivity index (χ1v) is 7.93. The third-order valence-corrected chi connectivity index (χ3v) is 3.62. The SMILES string of the molecule is Cc1cccc(C(C)C)c1NC(=O)/C(C#N)=C\N(CCO)CCO. The number of aryl methyl sites for hydroxylation is 1. The monoisotopic (exact) mass is 331 g/mol. The Balaban J connectivity index is 3.06. The van der Waals surface area contributed by atoms with Crippen molar-refractivity contribution in [1.82, 2.24) is 4.90 Å². The van der Waals surface area contributed by atoms with Crippen LogP contribution in [0, 0.1) is 18.3 Å². The summed E-state index contributed by atoms with van der Waals surface area (Å²) in [7, 11) is 0. The molecule has 0 aliphatic carbocycles. The maximum absolute atomic E-state index is 12.5. The van der Waals surface area contributed by atoms with Gasteiger partial charge in [0.25, 0.3) is 5.91 Å². The van der Waals surface area contributed by atoms with E-state index < -0.39 is 5.91 Å². The fourth-order valence-corrected chi connectivity index (χ4v) is 2.34. The molecule has 0 fully saturated rings. The highest BCUT2D eigenvalue weighted by atomic mass is 16.3. The van der Waals surface area contributed by atoms with Crippen molar-refractivity contribution >= 4 is 11.6 Å². The number of carbonyl (C=O) groups excluding carboxylic acids is 1. The predicted octanol–water partition coefficient (Wildman–Crippen LogP) is 1.75. The molecule has 24 heavy (non-hydrogen) atoms. The van der Waals surface area contributed by atoms with E-state index in [0.717, 1.165) is 16.8 Å². The molecule has 1 rings (SSSR count). The Hall–Kier alpha value is -2.36. The Labute approximate surface area is 143 Å². The second kappa shape index (κ2) is 9.71. The van der Waals surface area contributed by atoms with Crippen molar-refractivity contribution in [2.75, 3.05) is 31.6 Å². The van der Waals surface area contributed by atoms with E-state index in [1.54, 1.807) is 4.90 Å². The van der Waals surface area contributed by atoms with Gasteiger partial charge in [0.1, 0.15) is 11.6 Å². The molecule has 130 valence electrons. The van der Waals surface area contributed by atoms with Crippen molar-refractivity contribution in [3.8, 4) is 6.07 Å². The summed E-state index contributed by atoms with van der Waals surface area (Å²) >= 11 is 0. The van der Waals surface area contributed by atoms with Crippen LogP contribution in [0.25, 0.3) is 0 Å². The highest BCUT2D eigenvalue weighted by Gasteiger charge is 2.16. The number of hydrogen-bond donors (Lipinski definition) is 3. The van der Waals surface area contributed by atoms with E-state index >= 15 is 0 Å². The van der Waals surface area contributed by atoms with E-state index in [-0.39, 0.29) is 37.8 Å². The number of nitrogens with zero attached hydrogens (tertiary/aromatic N) is 2. The average molecular weight is 331 g/mol. The summed E-state index contributed by atoms with van der Waals surface area (Å²) in [5, 5.41) is 30.1. The fourth-order valence-electron chi connectivity index (χ4n) is 2.34. The zero-order valence-electron chi connectivity index (χ0n) is 14.4. The summed E-state index contributed by atoms with van der Waals surface area (Å²) in [6.07, 6.45) is 1.37. The molecular weight excluding hydrogens is 306 g/mol. The third-order valence-electron chi connectivity index (χ3n) is 3.62. The number of amides is 1. The largest absolute Gasteiger partial charge is 0.395 e. The molecule has 0 unspecified atom stereocenters. The van der Waals surface area contributed by atoms with Crippen molar-refractivity contribution in [1.29, 1.82) is 5.26 Å². The van der Waals surface area contributed by atoms with Gasteiger partial charge in [-0.2, -0.15) is 5.26 Å². The minimum atomic E-state index is -0.505. The summed E-state index contributed by atoms with van der Waals surface area (Å²) in [6.45, 7) is 6.19. The van der Waals surface area contributed by atoms with Crippen LogP contribution >= 0.6 is 0 Å². The number of aliphatic hydroxyl groups excluding tert-OH is 2. The first-order chi connectivity index (χ1) is 11.4. The van der Waals surface area contributed by atoms with Gasteiger partial charge in [-0.25, -0.2) is 0 Å². The molecule has 6 heteroatoms. The first-order valence-electron chi connectivity index (χ1n) is 7.93. The summed E-state index contributed by atoms with van der Waals surface area (Å²) < 4.78 is 0. The van der Waals surface area contributed by atoms with Crippen LogP contribution in [0.1, 0.15) is 30.9 Å². The molecule has 0 atom stereocenters. The molecule has 0 aromatic heterocycles. The molecule has 0 radical (unpaired) electrons. The second-order valence-electron chi connectivity index (χ2n) is 5.79. The van der Waals surface area contributed by atoms with Crippen LogP contribution in [-0.4, -0.2) is 47.3 Å². The number of aliphatic hydroxyl groups is 2. The number of nitriles is 1. The van der Waals surface area contributed by atoms with Crippen LogP contribution in [0.2, 0.25) is 0 Å². The standard InChI is InChI=1S/C18H25N3O3/c1-13(2)16-6-4-5-14(3)17(16)20-18(24)15(11-19)12-21(7-9-22)8-10-23/h4-6,12-13,22-23H,7-10H2,1-3H3,(H,20,24)/b15-12-. The number of carbonyl (C=O) groups is 1. The Morgan fingerprint density at radius 1 is 1.33 bits per heavy atom. The maximum Gasteiger partial charge on any atom is 0.267 e. The van der Waals surface area contributed by atoms with Crippen LogP contribution in [0.4, 0.5) is 5.69 Å². The van der Waals surface area contributed by atoms with Gasteiger partial charge in [-0.05, 0) is 24.0 Å². The smallest absolute Gasteiger partial charge is 0.267 e. The Morgan fingerprint density at radius 3 is 2.46 bits per heavy atom. The fraction of sp³-hybridized carbons (Fsp3) is 0.444. The molecule has 0 heterocycles. The summed E-state index contributed by atoms with van der Waals surface area (Å²) in [5.74, 6) is -0.274.